The maximum Gasteiger partial charge on any atom is 0.0787 e. The molecule has 0 heterocycles. The van der Waals surface area contributed by atoms with Crippen LogP contribution in [0.4, 0.5) is 0 Å². The van der Waals surface area contributed by atoms with E-state index in [1.807, 2.05) is 38.1 Å². The van der Waals surface area contributed by atoms with E-state index in [-0.39, 0.29) is 5.41 Å². The fourth-order valence-corrected chi connectivity index (χ4v) is 1.53. The molecule has 0 saturated heterocycles. The predicted octanol–water partition coefficient (Wildman–Crippen LogP) is 3.19. The molecule has 0 radical (unpaired) electrons. The molecule has 0 aromatic heterocycles. The van der Waals surface area contributed by atoms with Crippen LogP contribution < -0.4 is 5.73 Å². The third kappa shape index (κ3) is 2.96. The van der Waals surface area contributed by atoms with Crippen LogP contribution in [0.1, 0.15) is 19.4 Å². The van der Waals surface area contributed by atoms with Crippen molar-refractivity contribution in [1.29, 1.82) is 0 Å². The van der Waals surface area contributed by atoms with E-state index in [0.29, 0.717) is 4.99 Å². The van der Waals surface area contributed by atoms with Gasteiger partial charge in [0.2, 0.25) is 0 Å². The molecule has 0 unspecified atom stereocenters. The Hall–Kier alpha value is -0.600. The molecule has 0 amide bonds. The maximum absolute atomic E-state index is 5.89. The van der Waals surface area contributed by atoms with Gasteiger partial charge in [-0.2, -0.15) is 0 Å². The van der Waals surface area contributed by atoms with Gasteiger partial charge in [0.05, 0.1) is 4.99 Å². The minimum Gasteiger partial charge on any atom is -0.393 e. The van der Waals surface area contributed by atoms with E-state index in [9.17, 15) is 0 Å². The monoisotopic (exact) mass is 227 g/mol. The van der Waals surface area contributed by atoms with Crippen LogP contribution in [0.15, 0.2) is 24.3 Å². The average Bonchev–Trinajstić information content (AvgIpc) is 2.02. The second-order valence-corrected chi connectivity index (χ2v) is 4.93. The predicted molar refractivity (Wildman–Crippen MR) is 65.7 cm³/mol. The van der Waals surface area contributed by atoms with Gasteiger partial charge >= 0.3 is 0 Å². The summed E-state index contributed by atoms with van der Waals surface area (Å²) in [5, 5.41) is 0.751. The average molecular weight is 228 g/mol. The molecule has 2 N–H and O–H groups in total. The molecular weight excluding hydrogens is 214 g/mol. The molecule has 0 bridgehead atoms. The summed E-state index contributed by atoms with van der Waals surface area (Å²) in [6, 6.07) is 7.78. The smallest absolute Gasteiger partial charge is 0.0787 e. The van der Waals surface area contributed by atoms with Crippen molar-refractivity contribution >= 4 is 28.8 Å². The molecule has 1 aromatic rings. The number of hydrogen-bond donors (Lipinski definition) is 1. The number of benzene rings is 1. The second-order valence-electron chi connectivity index (χ2n) is 4.05. The quantitative estimate of drug-likeness (QED) is 0.803. The van der Waals surface area contributed by atoms with Crippen molar-refractivity contribution in [3.05, 3.63) is 34.9 Å². The van der Waals surface area contributed by atoms with Crippen LogP contribution in [-0.2, 0) is 6.42 Å². The fraction of sp³-hybridized carbons (Fsp3) is 0.364. The van der Waals surface area contributed by atoms with Crippen LogP contribution in [0.3, 0.4) is 0 Å². The molecule has 14 heavy (non-hydrogen) atoms. The first kappa shape index (κ1) is 11.5. The molecule has 0 atom stereocenters. The molecule has 1 aromatic carbocycles. The van der Waals surface area contributed by atoms with Crippen molar-refractivity contribution < 1.29 is 0 Å². The van der Waals surface area contributed by atoms with E-state index in [1.54, 1.807) is 0 Å². The molecular formula is C11H14ClNS. The highest BCUT2D eigenvalue weighted by molar-refractivity contribution is 7.80. The summed E-state index contributed by atoms with van der Waals surface area (Å²) in [7, 11) is 0. The third-order valence-corrected chi connectivity index (χ3v) is 2.99. The third-order valence-electron chi connectivity index (χ3n) is 2.20. The SMILES string of the molecule is CC(C)(Cc1cccc(Cl)c1)C(N)=S. The van der Waals surface area contributed by atoms with Gasteiger partial charge in [0.1, 0.15) is 0 Å². The second kappa shape index (κ2) is 4.28. The van der Waals surface area contributed by atoms with Gasteiger partial charge in [0, 0.05) is 10.4 Å². The molecule has 0 aliphatic carbocycles. The van der Waals surface area contributed by atoms with Gasteiger partial charge < -0.3 is 5.73 Å². The Labute approximate surface area is 95.3 Å². The zero-order valence-electron chi connectivity index (χ0n) is 8.38. The zero-order valence-corrected chi connectivity index (χ0v) is 9.95. The van der Waals surface area contributed by atoms with Crippen molar-refractivity contribution in [2.45, 2.75) is 20.3 Å². The van der Waals surface area contributed by atoms with Gasteiger partial charge in [-0.3, -0.25) is 0 Å². The minimum atomic E-state index is -0.153. The van der Waals surface area contributed by atoms with Gasteiger partial charge in [-0.25, -0.2) is 0 Å². The topological polar surface area (TPSA) is 26.0 Å². The lowest BCUT2D eigenvalue weighted by molar-refractivity contribution is 0.523. The Balaban J connectivity index is 2.83. The van der Waals surface area contributed by atoms with E-state index in [0.717, 1.165) is 17.0 Å². The lowest BCUT2D eigenvalue weighted by Crippen LogP contribution is -2.31. The first-order chi connectivity index (χ1) is 6.42. The summed E-state index contributed by atoms with van der Waals surface area (Å²) in [6.45, 7) is 4.08. The molecule has 0 spiro atoms. The van der Waals surface area contributed by atoms with Crippen molar-refractivity contribution in [1.82, 2.24) is 0 Å². The zero-order chi connectivity index (χ0) is 10.8. The Morgan fingerprint density at radius 3 is 2.64 bits per heavy atom. The molecule has 0 aliphatic heterocycles. The summed E-state index contributed by atoms with van der Waals surface area (Å²) in [4.78, 5) is 0.539. The Kier molecular flexibility index (Phi) is 3.51. The minimum absolute atomic E-state index is 0.153. The molecule has 1 rings (SSSR count). The van der Waals surface area contributed by atoms with Crippen molar-refractivity contribution in [2.24, 2.45) is 11.1 Å². The van der Waals surface area contributed by atoms with Crippen molar-refractivity contribution in [2.75, 3.05) is 0 Å². The number of halogens is 1. The van der Waals surface area contributed by atoms with Crippen molar-refractivity contribution in [3.63, 3.8) is 0 Å². The lowest BCUT2D eigenvalue weighted by Gasteiger charge is -2.23. The van der Waals surface area contributed by atoms with E-state index in [2.05, 4.69) is 0 Å². The van der Waals surface area contributed by atoms with Gasteiger partial charge in [-0.05, 0) is 24.1 Å². The van der Waals surface area contributed by atoms with E-state index < -0.39 is 0 Å². The Bertz CT molecular complexity index is 347. The number of rotatable bonds is 3. The van der Waals surface area contributed by atoms with Crippen molar-refractivity contribution in [3.8, 4) is 0 Å². The molecule has 1 nitrogen and oxygen atoms in total. The summed E-state index contributed by atoms with van der Waals surface area (Å²) < 4.78 is 0. The number of nitrogens with two attached hydrogens (primary N) is 1. The highest BCUT2D eigenvalue weighted by Crippen LogP contribution is 2.23. The van der Waals surface area contributed by atoms with Crippen LogP contribution in [0.5, 0.6) is 0 Å². The van der Waals surface area contributed by atoms with Crippen LogP contribution in [0.25, 0.3) is 0 Å². The summed E-state index contributed by atoms with van der Waals surface area (Å²) in [5.74, 6) is 0. The first-order valence-electron chi connectivity index (χ1n) is 4.46. The standard InChI is InChI=1S/C11H14ClNS/c1-11(2,10(13)14)7-8-4-3-5-9(12)6-8/h3-6H,7H2,1-2H3,(H2,13,14). The fourth-order valence-electron chi connectivity index (χ4n) is 1.24. The molecule has 0 fully saturated rings. The Morgan fingerprint density at radius 1 is 1.50 bits per heavy atom. The van der Waals surface area contributed by atoms with Crippen LogP contribution in [0.2, 0.25) is 5.02 Å². The molecule has 0 saturated carbocycles. The maximum atomic E-state index is 5.89. The molecule has 3 heteroatoms. The van der Waals surface area contributed by atoms with E-state index >= 15 is 0 Å². The van der Waals surface area contributed by atoms with E-state index in [1.165, 1.54) is 0 Å². The summed E-state index contributed by atoms with van der Waals surface area (Å²) in [6.07, 6.45) is 0.822. The highest BCUT2D eigenvalue weighted by Gasteiger charge is 2.21. The molecule has 0 aliphatic rings. The van der Waals surface area contributed by atoms with Crippen LogP contribution >= 0.6 is 23.8 Å². The summed E-state index contributed by atoms with van der Waals surface area (Å²) >= 11 is 10.9. The van der Waals surface area contributed by atoms with Crippen LogP contribution in [0, 0.1) is 5.41 Å². The van der Waals surface area contributed by atoms with Gasteiger partial charge in [-0.1, -0.05) is 49.8 Å². The normalized spacial score (nSPS) is 11.4. The first-order valence-corrected chi connectivity index (χ1v) is 5.25. The highest BCUT2D eigenvalue weighted by atomic mass is 35.5. The summed E-state index contributed by atoms with van der Waals surface area (Å²) in [5.41, 5.74) is 6.66. The lowest BCUT2D eigenvalue weighted by atomic mass is 9.86. The van der Waals surface area contributed by atoms with Gasteiger partial charge in [0.25, 0.3) is 0 Å². The number of hydrogen-bond acceptors (Lipinski definition) is 1. The van der Waals surface area contributed by atoms with Gasteiger partial charge in [-0.15, -0.1) is 0 Å². The largest absolute Gasteiger partial charge is 0.393 e. The van der Waals surface area contributed by atoms with E-state index in [4.69, 9.17) is 29.6 Å². The Morgan fingerprint density at radius 2 is 2.14 bits per heavy atom. The van der Waals surface area contributed by atoms with Crippen LogP contribution in [-0.4, -0.2) is 4.99 Å². The van der Waals surface area contributed by atoms with Gasteiger partial charge in [0.15, 0.2) is 0 Å². The number of thiocarbonyl (C=S) groups is 1. The molecule has 76 valence electrons.